The highest BCUT2D eigenvalue weighted by Gasteiger charge is 2.43. The number of H-pyrrole nitrogens is 1. The van der Waals surface area contributed by atoms with E-state index in [-0.39, 0.29) is 5.56 Å². The predicted molar refractivity (Wildman–Crippen MR) is 71.1 cm³/mol. The molecule has 1 aromatic heterocycles. The van der Waals surface area contributed by atoms with Crippen LogP contribution in [-0.4, -0.2) is 45.2 Å². The van der Waals surface area contributed by atoms with E-state index in [1.165, 1.54) is 0 Å². The highest BCUT2D eigenvalue weighted by atomic mass is 16.6. The topological polar surface area (TPSA) is 103 Å². The maximum absolute atomic E-state index is 11.6. The van der Waals surface area contributed by atoms with Gasteiger partial charge in [0.15, 0.2) is 0 Å². The molecule has 2 heterocycles. The number of hydrogen-bond donors (Lipinski definition) is 4. The van der Waals surface area contributed by atoms with Crippen molar-refractivity contribution in [2.24, 2.45) is 0 Å². The second kappa shape index (κ2) is 5.77. The maximum atomic E-state index is 11.6. The molecule has 0 aromatic carbocycles. The molecule has 1 aliphatic rings. The van der Waals surface area contributed by atoms with E-state index in [4.69, 9.17) is 9.84 Å². The largest absolute Gasteiger partial charge is 0.394 e. The molecule has 20 heavy (non-hydrogen) atoms. The molecule has 6 nitrogen and oxygen atoms in total. The van der Waals surface area contributed by atoms with E-state index in [0.29, 0.717) is 16.8 Å². The molecule has 4 N–H and O–H groups in total. The third-order valence-corrected chi connectivity index (χ3v) is 3.36. The lowest BCUT2D eigenvalue weighted by atomic mass is 9.99. The first-order chi connectivity index (χ1) is 9.49. The van der Waals surface area contributed by atoms with Crippen molar-refractivity contribution < 1.29 is 20.1 Å². The first-order valence-electron chi connectivity index (χ1n) is 6.28. The number of ether oxygens (including phenoxy) is 1. The van der Waals surface area contributed by atoms with Crippen LogP contribution in [0, 0.1) is 18.8 Å². The Bertz CT molecular complexity index is 612. The van der Waals surface area contributed by atoms with Gasteiger partial charge in [0, 0.05) is 11.1 Å². The second-order valence-corrected chi connectivity index (χ2v) is 4.75. The number of aromatic nitrogens is 1. The van der Waals surface area contributed by atoms with Gasteiger partial charge in [0.05, 0.1) is 12.3 Å². The monoisotopic (exact) mass is 279 g/mol. The number of aliphatic hydroxyl groups is 3. The minimum atomic E-state index is -1.19. The van der Waals surface area contributed by atoms with Gasteiger partial charge in [-0.15, -0.1) is 0 Å². The third kappa shape index (κ3) is 2.49. The van der Waals surface area contributed by atoms with Crippen LogP contribution in [-0.2, 0) is 4.74 Å². The number of rotatable bonds is 2. The molecule has 1 fully saturated rings. The Morgan fingerprint density at radius 3 is 2.65 bits per heavy atom. The molecule has 4 atom stereocenters. The Labute approximate surface area is 116 Å². The van der Waals surface area contributed by atoms with Gasteiger partial charge in [0.25, 0.3) is 5.56 Å². The van der Waals surface area contributed by atoms with Crippen LogP contribution >= 0.6 is 0 Å². The molecule has 1 aliphatic heterocycles. The number of hydrogen-bond acceptors (Lipinski definition) is 5. The second-order valence-electron chi connectivity index (χ2n) is 4.75. The van der Waals surface area contributed by atoms with Crippen molar-refractivity contribution in [1.29, 1.82) is 0 Å². The lowest BCUT2D eigenvalue weighted by Crippen LogP contribution is -2.32. The van der Waals surface area contributed by atoms with Gasteiger partial charge in [-0.2, -0.15) is 0 Å². The van der Waals surface area contributed by atoms with Crippen LogP contribution in [0.25, 0.3) is 0 Å². The fourth-order valence-corrected chi connectivity index (χ4v) is 2.26. The van der Waals surface area contributed by atoms with Crippen LogP contribution in [0.15, 0.2) is 10.9 Å². The van der Waals surface area contributed by atoms with Crippen molar-refractivity contribution in [1.82, 2.24) is 4.98 Å². The van der Waals surface area contributed by atoms with E-state index in [1.807, 2.05) is 0 Å². The normalized spacial score (nSPS) is 29.1. The summed E-state index contributed by atoms with van der Waals surface area (Å²) in [5.41, 5.74) is 1.04. The van der Waals surface area contributed by atoms with Crippen LogP contribution < -0.4 is 5.56 Å². The summed E-state index contributed by atoms with van der Waals surface area (Å²) < 4.78 is 5.46. The summed E-state index contributed by atoms with van der Waals surface area (Å²) in [5, 5.41) is 28.9. The van der Waals surface area contributed by atoms with Gasteiger partial charge in [0.2, 0.25) is 0 Å². The Kier molecular flexibility index (Phi) is 4.26. The Hall–Kier alpha value is -1.65. The van der Waals surface area contributed by atoms with Gasteiger partial charge >= 0.3 is 0 Å². The fourth-order valence-electron chi connectivity index (χ4n) is 2.26. The standard InChI is InChI=1S/C14H17NO5/c1-3-4-9-8(5-7(2)14(19)15-9)13-12(18)11(17)10(6-16)20-13/h5,10-13,16-18H,6H2,1-2H3,(H,15,19). The molecule has 0 amide bonds. The lowest BCUT2D eigenvalue weighted by molar-refractivity contribution is -0.0229. The molecule has 1 saturated heterocycles. The zero-order chi connectivity index (χ0) is 14.9. The summed E-state index contributed by atoms with van der Waals surface area (Å²) in [6.07, 6.45) is -4.06. The van der Waals surface area contributed by atoms with Crippen LogP contribution in [0.2, 0.25) is 0 Å². The van der Waals surface area contributed by atoms with Crippen LogP contribution in [0.3, 0.4) is 0 Å². The highest BCUT2D eigenvalue weighted by Crippen LogP contribution is 2.34. The van der Waals surface area contributed by atoms with E-state index in [1.54, 1.807) is 19.9 Å². The zero-order valence-corrected chi connectivity index (χ0v) is 11.3. The molecule has 0 saturated carbocycles. The van der Waals surface area contributed by atoms with Gasteiger partial charge < -0.3 is 25.0 Å². The fraction of sp³-hybridized carbons (Fsp3) is 0.500. The molecule has 2 rings (SSSR count). The number of aryl methyl sites for hydroxylation is 1. The molecule has 0 spiro atoms. The van der Waals surface area contributed by atoms with E-state index < -0.39 is 31.0 Å². The van der Waals surface area contributed by atoms with E-state index in [9.17, 15) is 15.0 Å². The highest BCUT2D eigenvalue weighted by molar-refractivity contribution is 5.39. The van der Waals surface area contributed by atoms with E-state index in [2.05, 4.69) is 16.8 Å². The zero-order valence-electron chi connectivity index (χ0n) is 11.3. The minimum Gasteiger partial charge on any atom is -0.394 e. The van der Waals surface area contributed by atoms with E-state index in [0.717, 1.165) is 0 Å². The maximum Gasteiger partial charge on any atom is 0.251 e. The summed E-state index contributed by atoms with van der Waals surface area (Å²) in [6, 6.07) is 1.58. The molecule has 0 bridgehead atoms. The molecule has 0 aliphatic carbocycles. The molecule has 1 aromatic rings. The average molecular weight is 279 g/mol. The van der Waals surface area contributed by atoms with Crippen LogP contribution in [0.1, 0.15) is 29.8 Å². The van der Waals surface area contributed by atoms with Gasteiger partial charge in [-0.1, -0.05) is 5.92 Å². The van der Waals surface area contributed by atoms with Crippen molar-refractivity contribution in [3.8, 4) is 11.8 Å². The molecule has 0 radical (unpaired) electrons. The van der Waals surface area contributed by atoms with E-state index >= 15 is 0 Å². The summed E-state index contributed by atoms with van der Waals surface area (Å²) in [6.45, 7) is 2.86. The number of aliphatic hydroxyl groups excluding tert-OH is 3. The molecular formula is C14H17NO5. The van der Waals surface area contributed by atoms with Crippen molar-refractivity contribution >= 4 is 0 Å². The summed E-state index contributed by atoms with van der Waals surface area (Å²) in [4.78, 5) is 14.3. The summed E-state index contributed by atoms with van der Waals surface area (Å²) >= 11 is 0. The quantitative estimate of drug-likeness (QED) is 0.531. The SMILES string of the molecule is CC#Cc1[nH]c(=O)c(C)cc1C1OC(CO)C(O)C1O. The lowest BCUT2D eigenvalue weighted by Gasteiger charge is -2.17. The molecule has 4 unspecified atom stereocenters. The van der Waals surface area contributed by atoms with Crippen LogP contribution in [0.4, 0.5) is 0 Å². The number of pyridine rings is 1. The summed E-state index contributed by atoms with van der Waals surface area (Å²) in [7, 11) is 0. The smallest absolute Gasteiger partial charge is 0.251 e. The van der Waals surface area contributed by atoms with Gasteiger partial charge in [-0.25, -0.2) is 0 Å². The average Bonchev–Trinajstić information content (AvgIpc) is 2.70. The Balaban J connectivity index is 2.49. The Morgan fingerprint density at radius 1 is 1.40 bits per heavy atom. The van der Waals surface area contributed by atoms with Gasteiger partial charge in [-0.05, 0) is 25.8 Å². The van der Waals surface area contributed by atoms with Crippen molar-refractivity contribution in [2.45, 2.75) is 38.3 Å². The van der Waals surface area contributed by atoms with Gasteiger partial charge in [0.1, 0.15) is 24.4 Å². The first kappa shape index (κ1) is 14.8. The number of aromatic amines is 1. The molecular weight excluding hydrogens is 262 g/mol. The molecule has 108 valence electrons. The van der Waals surface area contributed by atoms with Crippen molar-refractivity contribution in [2.75, 3.05) is 6.61 Å². The van der Waals surface area contributed by atoms with Crippen LogP contribution in [0.5, 0.6) is 0 Å². The van der Waals surface area contributed by atoms with Crippen molar-refractivity contribution in [3.05, 3.63) is 33.2 Å². The third-order valence-electron chi connectivity index (χ3n) is 3.36. The summed E-state index contributed by atoms with van der Waals surface area (Å²) in [5.74, 6) is 5.43. The first-order valence-corrected chi connectivity index (χ1v) is 6.28. The van der Waals surface area contributed by atoms with Crippen molar-refractivity contribution in [3.63, 3.8) is 0 Å². The molecule has 6 heteroatoms. The predicted octanol–water partition coefficient (Wildman–Crippen LogP) is -0.791. The van der Waals surface area contributed by atoms with Gasteiger partial charge in [-0.3, -0.25) is 4.79 Å². The minimum absolute atomic E-state index is 0.266. The Morgan fingerprint density at radius 2 is 2.10 bits per heavy atom. The number of nitrogens with one attached hydrogen (secondary N) is 1.